The van der Waals surface area contributed by atoms with Crippen LogP contribution in [0.5, 0.6) is 11.5 Å². The SMILES string of the molecule is COc1ccc2c(c1)OC(C)(C)C[C@H]2NC(=O)c1ccc(Cl)cc1Cl. The Bertz CT molecular complexity index is 820. The predicted molar refractivity (Wildman–Crippen MR) is 99.0 cm³/mol. The zero-order valence-electron chi connectivity index (χ0n) is 14.2. The van der Waals surface area contributed by atoms with Crippen molar-refractivity contribution >= 4 is 29.1 Å². The molecule has 2 aromatic rings. The summed E-state index contributed by atoms with van der Waals surface area (Å²) in [6, 6.07) is 10.3. The molecule has 2 aromatic carbocycles. The van der Waals surface area contributed by atoms with Crippen LogP contribution in [-0.4, -0.2) is 18.6 Å². The van der Waals surface area contributed by atoms with E-state index in [1.54, 1.807) is 25.3 Å². The van der Waals surface area contributed by atoms with Crippen molar-refractivity contribution < 1.29 is 14.3 Å². The molecule has 0 aliphatic carbocycles. The first kappa shape index (κ1) is 17.9. The molecule has 0 unspecified atom stereocenters. The number of carbonyl (C=O) groups is 1. The molecule has 1 amide bonds. The fourth-order valence-corrected chi connectivity index (χ4v) is 3.49. The van der Waals surface area contributed by atoms with Crippen LogP contribution in [0, 0.1) is 0 Å². The minimum Gasteiger partial charge on any atom is -0.497 e. The van der Waals surface area contributed by atoms with Crippen LogP contribution in [0.15, 0.2) is 36.4 Å². The third-order valence-corrected chi connectivity index (χ3v) is 4.71. The van der Waals surface area contributed by atoms with Crippen LogP contribution in [0.2, 0.25) is 10.0 Å². The number of hydrogen-bond donors (Lipinski definition) is 1. The van der Waals surface area contributed by atoms with Gasteiger partial charge in [-0.1, -0.05) is 23.2 Å². The average Bonchev–Trinajstić information content (AvgIpc) is 2.52. The van der Waals surface area contributed by atoms with E-state index < -0.39 is 5.60 Å². The molecular formula is C19H19Cl2NO3. The quantitative estimate of drug-likeness (QED) is 0.812. The van der Waals surface area contributed by atoms with Gasteiger partial charge in [0, 0.05) is 23.1 Å². The molecule has 1 heterocycles. The smallest absolute Gasteiger partial charge is 0.253 e. The number of amides is 1. The van der Waals surface area contributed by atoms with Crippen molar-refractivity contribution in [1.82, 2.24) is 5.32 Å². The van der Waals surface area contributed by atoms with Crippen LogP contribution in [0.4, 0.5) is 0 Å². The molecule has 1 atom stereocenters. The molecule has 4 nitrogen and oxygen atoms in total. The molecule has 6 heteroatoms. The fourth-order valence-electron chi connectivity index (χ4n) is 3.00. The number of hydrogen-bond acceptors (Lipinski definition) is 3. The van der Waals surface area contributed by atoms with Gasteiger partial charge >= 0.3 is 0 Å². The normalized spacial score (nSPS) is 18.0. The van der Waals surface area contributed by atoms with E-state index in [4.69, 9.17) is 32.7 Å². The molecule has 0 aromatic heterocycles. The van der Waals surface area contributed by atoms with E-state index in [1.807, 2.05) is 32.0 Å². The summed E-state index contributed by atoms with van der Waals surface area (Å²) in [6.45, 7) is 3.98. The Kier molecular flexibility index (Phi) is 4.85. The zero-order chi connectivity index (χ0) is 18.2. The van der Waals surface area contributed by atoms with Crippen molar-refractivity contribution in [3.8, 4) is 11.5 Å². The van der Waals surface area contributed by atoms with E-state index in [9.17, 15) is 4.79 Å². The summed E-state index contributed by atoms with van der Waals surface area (Å²) >= 11 is 12.1. The van der Waals surface area contributed by atoms with Gasteiger partial charge in [0.15, 0.2) is 0 Å². The average molecular weight is 380 g/mol. The monoisotopic (exact) mass is 379 g/mol. The number of carbonyl (C=O) groups excluding carboxylic acids is 1. The Morgan fingerprint density at radius 2 is 2.00 bits per heavy atom. The largest absolute Gasteiger partial charge is 0.497 e. The van der Waals surface area contributed by atoms with Gasteiger partial charge in [-0.2, -0.15) is 0 Å². The van der Waals surface area contributed by atoms with Crippen LogP contribution >= 0.6 is 23.2 Å². The highest BCUT2D eigenvalue weighted by atomic mass is 35.5. The van der Waals surface area contributed by atoms with E-state index in [0.717, 1.165) is 5.56 Å². The molecule has 0 saturated heterocycles. The summed E-state index contributed by atoms with van der Waals surface area (Å²) < 4.78 is 11.3. The minimum atomic E-state index is -0.416. The molecular weight excluding hydrogens is 361 g/mol. The maximum atomic E-state index is 12.7. The van der Waals surface area contributed by atoms with Crippen LogP contribution in [-0.2, 0) is 0 Å². The first-order valence-corrected chi connectivity index (χ1v) is 8.67. The van der Waals surface area contributed by atoms with Gasteiger partial charge < -0.3 is 14.8 Å². The van der Waals surface area contributed by atoms with Crippen molar-refractivity contribution in [2.45, 2.75) is 31.9 Å². The maximum Gasteiger partial charge on any atom is 0.253 e. The van der Waals surface area contributed by atoms with Gasteiger partial charge in [-0.15, -0.1) is 0 Å². The van der Waals surface area contributed by atoms with Gasteiger partial charge in [0.25, 0.3) is 5.91 Å². The summed E-state index contributed by atoms with van der Waals surface area (Å²) in [6.07, 6.45) is 0.642. The van der Waals surface area contributed by atoms with Crippen molar-refractivity contribution in [3.05, 3.63) is 57.6 Å². The highest BCUT2D eigenvalue weighted by Crippen LogP contribution is 2.41. The number of benzene rings is 2. The van der Waals surface area contributed by atoms with E-state index >= 15 is 0 Å². The molecule has 0 spiro atoms. The first-order valence-electron chi connectivity index (χ1n) is 7.92. The van der Waals surface area contributed by atoms with Gasteiger partial charge in [0.1, 0.15) is 17.1 Å². The zero-order valence-corrected chi connectivity index (χ0v) is 15.7. The third-order valence-electron chi connectivity index (χ3n) is 4.16. The van der Waals surface area contributed by atoms with Crippen LogP contribution in [0.25, 0.3) is 0 Å². The topological polar surface area (TPSA) is 47.6 Å². The fraction of sp³-hybridized carbons (Fsp3) is 0.316. The van der Waals surface area contributed by atoms with Crippen LogP contribution < -0.4 is 14.8 Å². The number of fused-ring (bicyclic) bond motifs is 1. The van der Waals surface area contributed by atoms with Gasteiger partial charge in [0.2, 0.25) is 0 Å². The standard InChI is InChI=1S/C19H19Cl2NO3/c1-19(2)10-16(14-7-5-12(24-3)9-17(14)25-19)22-18(23)13-6-4-11(20)8-15(13)21/h4-9,16H,10H2,1-3H3,(H,22,23)/t16-/m1/s1. The van der Waals surface area contributed by atoms with E-state index in [2.05, 4.69) is 5.32 Å². The summed E-state index contributed by atoms with van der Waals surface area (Å²) in [5.74, 6) is 1.18. The lowest BCUT2D eigenvalue weighted by molar-refractivity contribution is 0.0617. The van der Waals surface area contributed by atoms with Crippen molar-refractivity contribution in [3.63, 3.8) is 0 Å². The molecule has 0 saturated carbocycles. The highest BCUT2D eigenvalue weighted by molar-refractivity contribution is 6.36. The highest BCUT2D eigenvalue weighted by Gasteiger charge is 2.35. The molecule has 1 aliphatic rings. The first-order chi connectivity index (χ1) is 11.8. The van der Waals surface area contributed by atoms with Gasteiger partial charge in [-0.25, -0.2) is 0 Å². The summed E-state index contributed by atoms with van der Waals surface area (Å²) in [7, 11) is 1.61. The number of nitrogens with one attached hydrogen (secondary N) is 1. The second kappa shape index (κ2) is 6.77. The van der Waals surface area contributed by atoms with Crippen LogP contribution in [0.1, 0.15) is 42.2 Å². The second-order valence-corrected chi connectivity index (χ2v) is 7.46. The molecule has 25 heavy (non-hydrogen) atoms. The van der Waals surface area contributed by atoms with E-state index in [1.165, 1.54) is 0 Å². The second-order valence-electron chi connectivity index (χ2n) is 6.62. The van der Waals surface area contributed by atoms with E-state index in [0.29, 0.717) is 33.5 Å². The minimum absolute atomic E-state index is 0.191. The molecule has 1 aliphatic heterocycles. The Labute approximate surface area is 157 Å². The van der Waals surface area contributed by atoms with Gasteiger partial charge in [-0.3, -0.25) is 4.79 Å². The number of ether oxygens (including phenoxy) is 2. The number of halogens is 2. The predicted octanol–water partition coefficient (Wildman–Crippen LogP) is 5.03. The number of rotatable bonds is 3. The Morgan fingerprint density at radius 1 is 1.24 bits per heavy atom. The molecule has 1 N–H and O–H groups in total. The number of methoxy groups -OCH3 is 1. The molecule has 0 fully saturated rings. The molecule has 132 valence electrons. The van der Waals surface area contributed by atoms with Crippen molar-refractivity contribution in [2.75, 3.05) is 7.11 Å². The lowest BCUT2D eigenvalue weighted by Gasteiger charge is -2.38. The lowest BCUT2D eigenvalue weighted by atomic mass is 9.89. The Hall–Kier alpha value is -1.91. The van der Waals surface area contributed by atoms with E-state index in [-0.39, 0.29) is 11.9 Å². The van der Waals surface area contributed by atoms with Crippen LogP contribution in [0.3, 0.4) is 0 Å². The molecule has 0 bridgehead atoms. The maximum absolute atomic E-state index is 12.7. The van der Waals surface area contributed by atoms with Gasteiger partial charge in [0.05, 0.1) is 23.7 Å². The van der Waals surface area contributed by atoms with Gasteiger partial charge in [-0.05, 0) is 44.2 Å². The Balaban J connectivity index is 1.90. The summed E-state index contributed by atoms with van der Waals surface area (Å²) in [4.78, 5) is 12.7. The summed E-state index contributed by atoms with van der Waals surface area (Å²) in [5, 5.41) is 3.87. The third kappa shape index (κ3) is 3.86. The summed E-state index contributed by atoms with van der Waals surface area (Å²) in [5.41, 5.74) is 0.894. The molecule has 0 radical (unpaired) electrons. The lowest BCUT2D eigenvalue weighted by Crippen LogP contribution is -2.41. The van der Waals surface area contributed by atoms with Crippen molar-refractivity contribution in [1.29, 1.82) is 0 Å². The molecule has 3 rings (SSSR count). The van der Waals surface area contributed by atoms with Crippen molar-refractivity contribution in [2.24, 2.45) is 0 Å². The Morgan fingerprint density at radius 3 is 2.68 bits per heavy atom.